The van der Waals surface area contributed by atoms with Gasteiger partial charge in [0.25, 0.3) is 5.91 Å². The molecule has 2 N–H and O–H groups in total. The minimum Gasteiger partial charge on any atom is -0.481 e. The fraction of sp³-hybridized carbons (Fsp3) is 0.357. The molecule has 20 heavy (non-hydrogen) atoms. The molecule has 0 unspecified atom stereocenters. The van der Waals surface area contributed by atoms with Crippen LogP contribution in [0.3, 0.4) is 0 Å². The van der Waals surface area contributed by atoms with Gasteiger partial charge in [-0.25, -0.2) is 0 Å². The molecule has 0 radical (unpaired) electrons. The molecule has 1 aliphatic rings. The Morgan fingerprint density at radius 1 is 1.40 bits per heavy atom. The van der Waals surface area contributed by atoms with Crippen LogP contribution in [0.4, 0.5) is 0 Å². The number of nitrogens with zero attached hydrogens (tertiary/aromatic N) is 2. The summed E-state index contributed by atoms with van der Waals surface area (Å²) in [6.45, 7) is 0.902. The number of rotatable bonds is 2. The highest BCUT2D eigenvalue weighted by atomic mass is 16.4. The van der Waals surface area contributed by atoms with E-state index in [1.165, 1.54) is 0 Å². The number of aromatic nitrogens is 2. The van der Waals surface area contributed by atoms with Crippen molar-refractivity contribution in [1.29, 1.82) is 0 Å². The van der Waals surface area contributed by atoms with E-state index in [0.717, 1.165) is 17.3 Å². The molecule has 2 heterocycles. The lowest BCUT2D eigenvalue weighted by Crippen LogP contribution is -2.42. The predicted molar refractivity (Wildman–Crippen MR) is 72.4 cm³/mol. The third-order valence-electron chi connectivity index (χ3n) is 3.75. The average Bonchev–Trinajstić information content (AvgIpc) is 2.94. The van der Waals surface area contributed by atoms with Gasteiger partial charge >= 0.3 is 5.97 Å². The van der Waals surface area contributed by atoms with Crippen LogP contribution in [-0.2, 0) is 4.79 Å². The van der Waals surface area contributed by atoms with Crippen LogP contribution in [0.1, 0.15) is 23.2 Å². The van der Waals surface area contributed by atoms with Crippen molar-refractivity contribution >= 4 is 22.8 Å². The summed E-state index contributed by atoms with van der Waals surface area (Å²) in [4.78, 5) is 25.1. The Bertz CT molecular complexity index is 664. The molecule has 2 aromatic rings. The van der Waals surface area contributed by atoms with Gasteiger partial charge in [-0.1, -0.05) is 6.07 Å². The summed E-state index contributed by atoms with van der Waals surface area (Å²) in [7, 11) is 0. The minimum absolute atomic E-state index is 0.118. The van der Waals surface area contributed by atoms with E-state index in [4.69, 9.17) is 5.11 Å². The second kappa shape index (κ2) is 4.96. The van der Waals surface area contributed by atoms with Gasteiger partial charge in [-0.05, 0) is 25.0 Å². The number of fused-ring (bicyclic) bond motifs is 1. The highest BCUT2D eigenvalue weighted by Gasteiger charge is 2.28. The molecule has 1 saturated heterocycles. The van der Waals surface area contributed by atoms with Gasteiger partial charge < -0.3 is 10.0 Å². The average molecular weight is 273 g/mol. The number of likely N-dealkylation sites (tertiary alicyclic amines) is 1. The van der Waals surface area contributed by atoms with Crippen LogP contribution in [0, 0.1) is 5.92 Å². The third kappa shape index (κ3) is 2.24. The summed E-state index contributed by atoms with van der Waals surface area (Å²) in [6.07, 6.45) is 3.07. The van der Waals surface area contributed by atoms with Crippen LogP contribution >= 0.6 is 0 Å². The standard InChI is InChI=1S/C14H15N3O3/c18-13(17-5-1-2-11(8-17)14(19)20)9-3-4-10-7-15-16-12(10)6-9/h3-4,6-7,11H,1-2,5,8H2,(H,15,16)(H,19,20)/t11-/m0/s1. The number of aromatic amines is 1. The highest BCUT2D eigenvalue weighted by Crippen LogP contribution is 2.20. The third-order valence-corrected chi connectivity index (χ3v) is 3.75. The summed E-state index contributed by atoms with van der Waals surface area (Å²) < 4.78 is 0. The Hall–Kier alpha value is -2.37. The molecule has 1 atom stereocenters. The lowest BCUT2D eigenvalue weighted by Gasteiger charge is -2.30. The smallest absolute Gasteiger partial charge is 0.308 e. The second-order valence-electron chi connectivity index (χ2n) is 5.10. The van der Waals surface area contributed by atoms with Gasteiger partial charge in [0.15, 0.2) is 0 Å². The number of carbonyl (C=O) groups is 2. The molecular formula is C14H15N3O3. The van der Waals surface area contributed by atoms with Crippen molar-refractivity contribution in [1.82, 2.24) is 15.1 Å². The number of aliphatic carboxylic acids is 1. The summed E-state index contributed by atoms with van der Waals surface area (Å²) in [5, 5.41) is 16.8. The fourth-order valence-electron chi connectivity index (χ4n) is 2.62. The number of amides is 1. The highest BCUT2D eigenvalue weighted by molar-refractivity contribution is 5.98. The maximum Gasteiger partial charge on any atom is 0.308 e. The summed E-state index contributed by atoms with van der Waals surface area (Å²) in [6, 6.07) is 5.35. The molecule has 1 fully saturated rings. The van der Waals surface area contributed by atoms with Crippen molar-refractivity contribution in [2.75, 3.05) is 13.1 Å². The second-order valence-corrected chi connectivity index (χ2v) is 5.10. The van der Waals surface area contributed by atoms with Gasteiger partial charge in [0.2, 0.25) is 0 Å². The van der Waals surface area contributed by atoms with E-state index in [1.54, 1.807) is 23.2 Å². The van der Waals surface area contributed by atoms with Gasteiger partial charge in [-0.2, -0.15) is 5.10 Å². The zero-order valence-electron chi connectivity index (χ0n) is 10.9. The molecule has 6 nitrogen and oxygen atoms in total. The monoisotopic (exact) mass is 273 g/mol. The van der Waals surface area contributed by atoms with Gasteiger partial charge in [0.05, 0.1) is 17.6 Å². The zero-order valence-corrected chi connectivity index (χ0v) is 10.9. The Morgan fingerprint density at radius 2 is 2.25 bits per heavy atom. The molecular weight excluding hydrogens is 258 g/mol. The number of H-pyrrole nitrogens is 1. The first-order valence-corrected chi connectivity index (χ1v) is 6.60. The van der Waals surface area contributed by atoms with Crippen LogP contribution in [0.25, 0.3) is 10.9 Å². The van der Waals surface area contributed by atoms with Gasteiger partial charge in [-0.3, -0.25) is 14.7 Å². The van der Waals surface area contributed by atoms with E-state index in [1.807, 2.05) is 6.07 Å². The Kier molecular flexibility index (Phi) is 3.14. The predicted octanol–water partition coefficient (Wildman–Crippen LogP) is 1.50. The molecule has 1 aromatic carbocycles. The van der Waals surface area contributed by atoms with Crippen molar-refractivity contribution in [3.8, 4) is 0 Å². The Balaban J connectivity index is 1.82. The maximum absolute atomic E-state index is 12.4. The Morgan fingerprint density at radius 3 is 3.05 bits per heavy atom. The summed E-state index contributed by atoms with van der Waals surface area (Å²) in [5.41, 5.74) is 1.37. The topological polar surface area (TPSA) is 86.3 Å². The van der Waals surface area contributed by atoms with Gasteiger partial charge in [0.1, 0.15) is 0 Å². The lowest BCUT2D eigenvalue weighted by molar-refractivity contribution is -0.143. The quantitative estimate of drug-likeness (QED) is 0.868. The number of carbonyl (C=O) groups excluding carboxylic acids is 1. The molecule has 1 aliphatic heterocycles. The number of benzene rings is 1. The van der Waals surface area contributed by atoms with Crippen LogP contribution in [0.15, 0.2) is 24.4 Å². The first-order valence-electron chi connectivity index (χ1n) is 6.60. The van der Waals surface area contributed by atoms with E-state index in [-0.39, 0.29) is 12.5 Å². The molecule has 0 spiro atoms. The molecule has 1 aromatic heterocycles. The fourth-order valence-corrected chi connectivity index (χ4v) is 2.62. The maximum atomic E-state index is 12.4. The van der Waals surface area contributed by atoms with Gasteiger partial charge in [0, 0.05) is 24.0 Å². The number of piperidine rings is 1. The molecule has 3 rings (SSSR count). The van der Waals surface area contributed by atoms with Crippen molar-refractivity contribution < 1.29 is 14.7 Å². The number of nitrogens with one attached hydrogen (secondary N) is 1. The summed E-state index contributed by atoms with van der Waals surface area (Å²) >= 11 is 0. The van der Waals surface area contributed by atoms with Crippen LogP contribution in [0.2, 0.25) is 0 Å². The molecule has 104 valence electrons. The lowest BCUT2D eigenvalue weighted by atomic mass is 9.97. The number of hydrogen-bond acceptors (Lipinski definition) is 3. The van der Waals surface area contributed by atoms with E-state index >= 15 is 0 Å². The molecule has 0 saturated carbocycles. The van der Waals surface area contributed by atoms with Crippen molar-refractivity contribution in [2.45, 2.75) is 12.8 Å². The first kappa shape index (κ1) is 12.7. The molecule has 1 amide bonds. The Labute approximate surface area is 115 Å². The van der Waals surface area contributed by atoms with Crippen LogP contribution in [0.5, 0.6) is 0 Å². The van der Waals surface area contributed by atoms with Crippen LogP contribution < -0.4 is 0 Å². The number of carboxylic acid groups (broad SMARTS) is 1. The van der Waals surface area contributed by atoms with E-state index in [0.29, 0.717) is 18.5 Å². The normalized spacial score (nSPS) is 19.2. The summed E-state index contributed by atoms with van der Waals surface area (Å²) in [5.74, 6) is -1.40. The van der Waals surface area contributed by atoms with Crippen molar-refractivity contribution in [3.05, 3.63) is 30.0 Å². The SMILES string of the molecule is O=C(O)[C@H]1CCCN(C(=O)c2ccc3cn[nH]c3c2)C1. The van der Waals surface area contributed by atoms with E-state index in [2.05, 4.69) is 10.2 Å². The van der Waals surface area contributed by atoms with Crippen LogP contribution in [-0.4, -0.2) is 45.2 Å². The zero-order chi connectivity index (χ0) is 14.1. The van der Waals surface area contributed by atoms with Crippen molar-refractivity contribution in [2.24, 2.45) is 5.92 Å². The van der Waals surface area contributed by atoms with E-state index < -0.39 is 11.9 Å². The first-order chi connectivity index (χ1) is 9.65. The van der Waals surface area contributed by atoms with E-state index in [9.17, 15) is 9.59 Å². The van der Waals surface area contributed by atoms with Gasteiger partial charge in [-0.15, -0.1) is 0 Å². The number of hydrogen-bond donors (Lipinski definition) is 2. The molecule has 0 bridgehead atoms. The molecule has 6 heteroatoms. The van der Waals surface area contributed by atoms with Crippen molar-refractivity contribution in [3.63, 3.8) is 0 Å². The molecule has 0 aliphatic carbocycles. The largest absolute Gasteiger partial charge is 0.481 e. The minimum atomic E-state index is -0.827. The number of carboxylic acids is 1.